The van der Waals surface area contributed by atoms with Gasteiger partial charge in [0, 0.05) is 17.7 Å². The molecule has 0 fully saturated rings. The van der Waals surface area contributed by atoms with Crippen molar-refractivity contribution in [1.82, 2.24) is 5.43 Å². The topological polar surface area (TPSA) is 120 Å². The molecule has 26 heavy (non-hydrogen) atoms. The summed E-state index contributed by atoms with van der Waals surface area (Å²) in [5.74, 6) is 0.148. The van der Waals surface area contributed by atoms with Gasteiger partial charge in [0.2, 0.25) is 0 Å². The third kappa shape index (κ3) is 4.93. The Bertz CT molecular complexity index is 851. The highest BCUT2D eigenvalue weighted by atomic mass is 19.4. The minimum Gasteiger partial charge on any atom is -0.457 e. The van der Waals surface area contributed by atoms with Crippen molar-refractivity contribution in [3.05, 3.63) is 63.7 Å². The molecule has 0 heterocycles. The molecule has 3 N–H and O–H groups in total. The molecule has 0 aromatic heterocycles. The van der Waals surface area contributed by atoms with E-state index in [1.807, 2.05) is 5.43 Å². The molecule has 0 bridgehead atoms. The molecule has 0 saturated heterocycles. The molecular formula is C15H11F3N4O4. The van der Waals surface area contributed by atoms with Crippen molar-refractivity contribution in [2.45, 2.75) is 6.18 Å². The Kier molecular flexibility index (Phi) is 5.40. The first kappa shape index (κ1) is 18.7. The number of carbonyl (C=O) groups is 1. The normalized spacial score (nSPS) is 11.3. The summed E-state index contributed by atoms with van der Waals surface area (Å²) in [4.78, 5) is 20.8. The number of non-ortho nitro benzene ring substituents is 1. The molecule has 0 aliphatic rings. The van der Waals surface area contributed by atoms with Crippen LogP contribution in [0.1, 0.15) is 11.1 Å². The molecule has 2 aromatic rings. The first-order valence-electron chi connectivity index (χ1n) is 6.89. The number of nitrogens with one attached hydrogen (secondary N) is 1. The number of nitrogens with zero attached hydrogens (tertiary/aromatic N) is 2. The summed E-state index contributed by atoms with van der Waals surface area (Å²) in [5.41, 5.74) is 5.75. The summed E-state index contributed by atoms with van der Waals surface area (Å²) >= 11 is 0. The van der Waals surface area contributed by atoms with Crippen molar-refractivity contribution in [2.24, 2.45) is 10.8 Å². The lowest BCUT2D eigenvalue weighted by Gasteiger charge is -2.10. The predicted molar refractivity (Wildman–Crippen MR) is 84.9 cm³/mol. The summed E-state index contributed by atoms with van der Waals surface area (Å²) in [6.45, 7) is 0. The molecule has 2 amide bonds. The Morgan fingerprint density at radius 3 is 2.42 bits per heavy atom. The van der Waals surface area contributed by atoms with Crippen molar-refractivity contribution >= 4 is 17.9 Å². The number of hydrogen-bond acceptors (Lipinski definition) is 5. The Labute approximate surface area is 144 Å². The molecule has 136 valence electrons. The minimum absolute atomic E-state index is 0.0735. The van der Waals surface area contributed by atoms with Gasteiger partial charge in [0.1, 0.15) is 11.5 Å². The molecule has 2 rings (SSSR count). The first-order valence-corrected chi connectivity index (χ1v) is 6.89. The van der Waals surface area contributed by atoms with E-state index in [0.717, 1.165) is 42.6 Å². The van der Waals surface area contributed by atoms with Gasteiger partial charge >= 0.3 is 12.2 Å². The Morgan fingerprint density at radius 2 is 1.88 bits per heavy atom. The third-order valence-corrected chi connectivity index (χ3v) is 2.99. The molecule has 0 radical (unpaired) electrons. The van der Waals surface area contributed by atoms with E-state index in [2.05, 4.69) is 5.10 Å². The van der Waals surface area contributed by atoms with Gasteiger partial charge in [-0.05, 0) is 30.3 Å². The second-order valence-electron chi connectivity index (χ2n) is 4.84. The number of primary amides is 1. The van der Waals surface area contributed by atoms with Gasteiger partial charge in [0.05, 0.1) is 16.7 Å². The summed E-state index contributed by atoms with van der Waals surface area (Å²) in [7, 11) is 0. The number of halogens is 3. The lowest BCUT2D eigenvalue weighted by atomic mass is 10.2. The van der Waals surface area contributed by atoms with Crippen LogP contribution in [0.4, 0.5) is 23.7 Å². The van der Waals surface area contributed by atoms with Gasteiger partial charge in [0.15, 0.2) is 0 Å². The first-order chi connectivity index (χ1) is 12.2. The fourth-order valence-electron chi connectivity index (χ4n) is 1.85. The van der Waals surface area contributed by atoms with E-state index in [1.165, 1.54) is 6.07 Å². The van der Waals surface area contributed by atoms with Gasteiger partial charge in [-0.2, -0.15) is 18.3 Å². The average molecular weight is 368 g/mol. The predicted octanol–water partition coefficient (Wildman–Crippen LogP) is 3.41. The largest absolute Gasteiger partial charge is 0.457 e. The number of hydrazone groups is 1. The molecule has 0 aliphatic heterocycles. The van der Waals surface area contributed by atoms with E-state index in [-0.39, 0.29) is 22.7 Å². The monoisotopic (exact) mass is 368 g/mol. The number of hydrogen-bond donors (Lipinski definition) is 2. The maximum absolute atomic E-state index is 12.6. The van der Waals surface area contributed by atoms with Crippen LogP contribution in [0.15, 0.2) is 47.6 Å². The number of nitro groups is 1. The molecular weight excluding hydrogens is 357 g/mol. The van der Waals surface area contributed by atoms with Crippen molar-refractivity contribution in [2.75, 3.05) is 0 Å². The Balaban J connectivity index is 2.31. The average Bonchev–Trinajstić information content (AvgIpc) is 2.55. The highest BCUT2D eigenvalue weighted by Crippen LogP contribution is 2.32. The van der Waals surface area contributed by atoms with E-state index in [0.29, 0.717) is 0 Å². The maximum atomic E-state index is 12.6. The number of nitrogens with two attached hydrogens (primary N) is 1. The smallest absolute Gasteiger partial charge is 0.416 e. The standard InChI is InChI=1S/C15H11F3N4O4/c16-15(17,18)10-1-4-12(5-2-10)26-13-6-3-11(22(24)25)7-9(13)8-20-21-14(19)23/h1-8H,(H3,19,21,23). The summed E-state index contributed by atoms with van der Waals surface area (Å²) in [5, 5.41) is 14.3. The highest BCUT2D eigenvalue weighted by Gasteiger charge is 2.30. The molecule has 0 atom stereocenters. The SMILES string of the molecule is NC(=O)NN=Cc1cc([N+](=O)[O-])ccc1Oc1ccc(C(F)(F)F)cc1. The second-order valence-corrected chi connectivity index (χ2v) is 4.84. The van der Waals surface area contributed by atoms with Crippen LogP contribution in [0.5, 0.6) is 11.5 Å². The molecule has 2 aromatic carbocycles. The molecule has 0 unspecified atom stereocenters. The number of rotatable bonds is 5. The number of amides is 2. The number of carbonyl (C=O) groups excluding carboxylic acids is 1. The molecule has 0 aliphatic carbocycles. The molecule has 0 saturated carbocycles. The van der Waals surface area contributed by atoms with Gasteiger partial charge in [-0.25, -0.2) is 10.2 Å². The zero-order chi connectivity index (χ0) is 19.3. The van der Waals surface area contributed by atoms with Gasteiger partial charge < -0.3 is 10.5 Å². The van der Waals surface area contributed by atoms with Crippen LogP contribution in [0.2, 0.25) is 0 Å². The van der Waals surface area contributed by atoms with Crippen LogP contribution in [-0.2, 0) is 6.18 Å². The van der Waals surface area contributed by atoms with Gasteiger partial charge in [-0.1, -0.05) is 0 Å². The van der Waals surface area contributed by atoms with Gasteiger partial charge in [-0.15, -0.1) is 0 Å². The Morgan fingerprint density at radius 1 is 1.23 bits per heavy atom. The van der Waals surface area contributed by atoms with Crippen LogP contribution < -0.4 is 15.9 Å². The quantitative estimate of drug-likeness (QED) is 0.477. The number of urea groups is 1. The van der Waals surface area contributed by atoms with Crippen LogP contribution in [0, 0.1) is 10.1 Å². The summed E-state index contributed by atoms with van der Waals surface area (Å²) in [6.07, 6.45) is -3.43. The molecule has 0 spiro atoms. The van der Waals surface area contributed by atoms with E-state index in [4.69, 9.17) is 10.5 Å². The number of ether oxygens (including phenoxy) is 1. The van der Waals surface area contributed by atoms with E-state index >= 15 is 0 Å². The number of benzene rings is 2. The number of alkyl halides is 3. The zero-order valence-electron chi connectivity index (χ0n) is 12.9. The van der Waals surface area contributed by atoms with Crippen LogP contribution >= 0.6 is 0 Å². The summed E-state index contributed by atoms with van der Waals surface area (Å²) in [6, 6.07) is 6.45. The van der Waals surface area contributed by atoms with E-state index < -0.39 is 22.7 Å². The minimum atomic E-state index is -4.48. The van der Waals surface area contributed by atoms with Crippen molar-refractivity contribution in [3.63, 3.8) is 0 Å². The van der Waals surface area contributed by atoms with Crippen molar-refractivity contribution in [1.29, 1.82) is 0 Å². The lowest BCUT2D eigenvalue weighted by molar-refractivity contribution is -0.384. The van der Waals surface area contributed by atoms with E-state index in [9.17, 15) is 28.1 Å². The fraction of sp³-hybridized carbons (Fsp3) is 0.0667. The third-order valence-electron chi connectivity index (χ3n) is 2.99. The number of nitro benzene ring substituents is 1. The van der Waals surface area contributed by atoms with Crippen molar-refractivity contribution < 1.29 is 27.6 Å². The van der Waals surface area contributed by atoms with Crippen LogP contribution in [0.25, 0.3) is 0 Å². The zero-order valence-corrected chi connectivity index (χ0v) is 12.9. The second kappa shape index (κ2) is 7.51. The van der Waals surface area contributed by atoms with E-state index in [1.54, 1.807) is 0 Å². The van der Waals surface area contributed by atoms with Gasteiger partial charge in [0.25, 0.3) is 5.69 Å². The Hall–Kier alpha value is -3.63. The van der Waals surface area contributed by atoms with Crippen LogP contribution in [-0.4, -0.2) is 17.2 Å². The highest BCUT2D eigenvalue weighted by molar-refractivity contribution is 5.86. The van der Waals surface area contributed by atoms with Crippen molar-refractivity contribution in [3.8, 4) is 11.5 Å². The lowest BCUT2D eigenvalue weighted by Crippen LogP contribution is -2.24. The summed E-state index contributed by atoms with van der Waals surface area (Å²) < 4.78 is 43.1. The van der Waals surface area contributed by atoms with Gasteiger partial charge in [-0.3, -0.25) is 10.1 Å². The molecule has 8 nitrogen and oxygen atoms in total. The fourth-order valence-corrected chi connectivity index (χ4v) is 1.85. The van der Waals surface area contributed by atoms with Crippen LogP contribution in [0.3, 0.4) is 0 Å². The molecule has 11 heteroatoms. The maximum Gasteiger partial charge on any atom is 0.416 e.